The van der Waals surface area contributed by atoms with E-state index in [0.717, 1.165) is 12.8 Å². The Morgan fingerprint density at radius 1 is 0.667 bits per heavy atom. The lowest BCUT2D eigenvalue weighted by molar-refractivity contribution is -0.141. The zero-order valence-corrected chi connectivity index (χ0v) is 12.9. The Balaban J connectivity index is 2.04. The van der Waals surface area contributed by atoms with Crippen molar-refractivity contribution in [3.8, 4) is 0 Å². The van der Waals surface area contributed by atoms with Crippen LogP contribution in [0.1, 0.15) is 58.8 Å². The van der Waals surface area contributed by atoms with Crippen molar-refractivity contribution in [2.24, 2.45) is 23.7 Å². The molecule has 21 heavy (non-hydrogen) atoms. The van der Waals surface area contributed by atoms with E-state index in [4.69, 9.17) is 0 Å². The fraction of sp³-hybridized carbons (Fsp3) is 0.765. The van der Waals surface area contributed by atoms with Crippen LogP contribution in [0.15, 0.2) is 0 Å². The van der Waals surface area contributed by atoms with E-state index in [2.05, 4.69) is 0 Å². The molecule has 0 bridgehead atoms. The monoisotopic (exact) mass is 292 g/mol. The number of carbonyl (C=O) groups excluding carboxylic acids is 4. The highest BCUT2D eigenvalue weighted by atomic mass is 16.2. The first kappa shape index (κ1) is 16.1. The van der Waals surface area contributed by atoms with E-state index in [1.807, 2.05) is 13.8 Å². The maximum Gasteiger partial charge on any atom is 0.143 e. The zero-order chi connectivity index (χ0) is 15.6. The summed E-state index contributed by atoms with van der Waals surface area (Å²) in [5.41, 5.74) is 0. The number of hydrogen-bond donors (Lipinski definition) is 0. The third kappa shape index (κ3) is 3.47. The molecule has 0 unspecified atom stereocenters. The Kier molecular flexibility index (Phi) is 5.07. The van der Waals surface area contributed by atoms with Crippen LogP contribution in [-0.2, 0) is 19.2 Å². The molecule has 4 nitrogen and oxygen atoms in total. The molecule has 0 amide bonds. The fourth-order valence-corrected chi connectivity index (χ4v) is 3.55. The standard InChI is InChI=1S/C17H24O4/c1-3-10-5-14(18)12(15(19)6-10)9-13-16(20)7-11(4-2)8-17(13)21/h10-13H,3-9H2,1-2H3. The molecule has 2 saturated carbocycles. The van der Waals surface area contributed by atoms with Crippen LogP contribution in [0.25, 0.3) is 0 Å². The number of Topliss-reactive ketones (excluding diaryl/α,β-unsaturated/α-hetero) is 4. The number of rotatable bonds is 4. The summed E-state index contributed by atoms with van der Waals surface area (Å²) in [4.78, 5) is 48.6. The molecule has 0 atom stereocenters. The van der Waals surface area contributed by atoms with Crippen molar-refractivity contribution in [3.63, 3.8) is 0 Å². The maximum atomic E-state index is 12.1. The predicted octanol–water partition coefficient (Wildman–Crippen LogP) is 2.53. The lowest BCUT2D eigenvalue weighted by atomic mass is 9.70. The second-order valence-electron chi connectivity index (χ2n) is 6.57. The van der Waals surface area contributed by atoms with E-state index in [9.17, 15) is 19.2 Å². The molecule has 0 radical (unpaired) electrons. The third-order valence-corrected chi connectivity index (χ3v) is 5.14. The lowest BCUT2D eigenvalue weighted by Gasteiger charge is -2.30. The maximum absolute atomic E-state index is 12.1. The first-order chi connectivity index (χ1) is 9.96. The van der Waals surface area contributed by atoms with E-state index in [1.54, 1.807) is 0 Å². The number of hydrogen-bond acceptors (Lipinski definition) is 4. The van der Waals surface area contributed by atoms with Crippen LogP contribution in [0.2, 0.25) is 0 Å². The highest BCUT2D eigenvalue weighted by molar-refractivity contribution is 6.08. The summed E-state index contributed by atoms with van der Waals surface area (Å²) in [6.07, 6.45) is 3.44. The molecule has 2 fully saturated rings. The highest BCUT2D eigenvalue weighted by Crippen LogP contribution is 2.34. The van der Waals surface area contributed by atoms with Crippen molar-refractivity contribution in [1.82, 2.24) is 0 Å². The van der Waals surface area contributed by atoms with Gasteiger partial charge >= 0.3 is 0 Å². The summed E-state index contributed by atoms with van der Waals surface area (Å²) >= 11 is 0. The van der Waals surface area contributed by atoms with Crippen molar-refractivity contribution in [1.29, 1.82) is 0 Å². The molecule has 0 aliphatic heterocycles. The molecule has 0 aromatic heterocycles. The summed E-state index contributed by atoms with van der Waals surface area (Å²) < 4.78 is 0. The highest BCUT2D eigenvalue weighted by Gasteiger charge is 2.41. The average Bonchev–Trinajstić information content (AvgIpc) is 2.44. The minimum Gasteiger partial charge on any atom is -0.299 e. The molecular formula is C17H24O4. The van der Waals surface area contributed by atoms with Crippen molar-refractivity contribution in [2.75, 3.05) is 0 Å². The van der Waals surface area contributed by atoms with Crippen LogP contribution in [0.3, 0.4) is 0 Å². The minimum atomic E-state index is -0.719. The second-order valence-corrected chi connectivity index (χ2v) is 6.57. The summed E-state index contributed by atoms with van der Waals surface area (Å²) in [7, 11) is 0. The van der Waals surface area contributed by atoms with E-state index in [1.165, 1.54) is 0 Å². The molecule has 0 saturated heterocycles. The number of carbonyl (C=O) groups is 4. The van der Waals surface area contributed by atoms with Crippen LogP contribution in [-0.4, -0.2) is 23.1 Å². The Bertz CT molecular complexity index is 387. The number of ketones is 4. The average molecular weight is 292 g/mol. The predicted molar refractivity (Wildman–Crippen MR) is 77.7 cm³/mol. The van der Waals surface area contributed by atoms with Gasteiger partial charge < -0.3 is 0 Å². The van der Waals surface area contributed by atoms with Gasteiger partial charge in [0.15, 0.2) is 0 Å². The molecule has 0 N–H and O–H groups in total. The van der Waals surface area contributed by atoms with Crippen molar-refractivity contribution in [3.05, 3.63) is 0 Å². The molecule has 2 rings (SSSR count). The Labute approximate surface area is 125 Å². The molecule has 0 heterocycles. The Hall–Kier alpha value is -1.32. The van der Waals surface area contributed by atoms with Crippen molar-refractivity contribution in [2.45, 2.75) is 58.8 Å². The molecule has 2 aliphatic carbocycles. The SMILES string of the molecule is CCC1CC(=O)C(CC2C(=O)CC(CC)CC2=O)C(=O)C1. The molecule has 4 heteroatoms. The smallest absolute Gasteiger partial charge is 0.143 e. The molecule has 0 aromatic rings. The van der Waals surface area contributed by atoms with E-state index < -0.39 is 11.8 Å². The molecule has 0 spiro atoms. The Morgan fingerprint density at radius 2 is 0.952 bits per heavy atom. The van der Waals surface area contributed by atoms with E-state index >= 15 is 0 Å². The lowest BCUT2D eigenvalue weighted by Crippen LogP contribution is -2.40. The largest absolute Gasteiger partial charge is 0.299 e. The topological polar surface area (TPSA) is 68.3 Å². The quantitative estimate of drug-likeness (QED) is 0.747. The molecule has 116 valence electrons. The summed E-state index contributed by atoms with van der Waals surface area (Å²) in [5.74, 6) is -1.44. The van der Waals surface area contributed by atoms with Crippen LogP contribution in [0.4, 0.5) is 0 Å². The first-order valence-electron chi connectivity index (χ1n) is 8.07. The van der Waals surface area contributed by atoms with Gasteiger partial charge in [0, 0.05) is 25.7 Å². The summed E-state index contributed by atoms with van der Waals surface area (Å²) in [6, 6.07) is 0. The van der Waals surface area contributed by atoms with Gasteiger partial charge in [0.05, 0.1) is 11.8 Å². The van der Waals surface area contributed by atoms with Gasteiger partial charge in [-0.15, -0.1) is 0 Å². The van der Waals surface area contributed by atoms with Gasteiger partial charge in [-0.25, -0.2) is 0 Å². The van der Waals surface area contributed by atoms with Crippen LogP contribution in [0.5, 0.6) is 0 Å². The molecule has 0 aromatic carbocycles. The second kappa shape index (κ2) is 6.63. The van der Waals surface area contributed by atoms with Gasteiger partial charge in [-0.2, -0.15) is 0 Å². The van der Waals surface area contributed by atoms with Gasteiger partial charge in [-0.3, -0.25) is 19.2 Å². The van der Waals surface area contributed by atoms with E-state index in [0.29, 0.717) is 25.7 Å². The van der Waals surface area contributed by atoms with Gasteiger partial charge in [0.1, 0.15) is 23.1 Å². The van der Waals surface area contributed by atoms with Gasteiger partial charge in [-0.1, -0.05) is 26.7 Å². The summed E-state index contributed by atoms with van der Waals surface area (Å²) in [6.45, 7) is 3.95. The normalized spacial score (nSPS) is 34.4. The van der Waals surface area contributed by atoms with Gasteiger partial charge in [0.25, 0.3) is 0 Å². The van der Waals surface area contributed by atoms with Crippen LogP contribution >= 0.6 is 0 Å². The van der Waals surface area contributed by atoms with Crippen molar-refractivity contribution >= 4 is 23.1 Å². The van der Waals surface area contributed by atoms with Gasteiger partial charge in [-0.05, 0) is 18.3 Å². The third-order valence-electron chi connectivity index (χ3n) is 5.14. The van der Waals surface area contributed by atoms with Crippen LogP contribution < -0.4 is 0 Å². The van der Waals surface area contributed by atoms with Gasteiger partial charge in [0.2, 0.25) is 0 Å². The minimum absolute atomic E-state index is 0.0729. The van der Waals surface area contributed by atoms with Crippen LogP contribution in [0, 0.1) is 23.7 Å². The first-order valence-corrected chi connectivity index (χ1v) is 8.07. The molecule has 2 aliphatic rings. The Morgan fingerprint density at radius 3 is 1.19 bits per heavy atom. The summed E-state index contributed by atoms with van der Waals surface area (Å²) in [5, 5.41) is 0. The molecular weight excluding hydrogens is 268 g/mol. The zero-order valence-electron chi connectivity index (χ0n) is 12.9. The van der Waals surface area contributed by atoms with Crippen molar-refractivity contribution < 1.29 is 19.2 Å². The fourth-order valence-electron chi connectivity index (χ4n) is 3.55. The van der Waals surface area contributed by atoms with E-state index in [-0.39, 0.29) is 41.4 Å².